The van der Waals surface area contributed by atoms with Crippen LogP contribution in [-0.4, -0.2) is 45.6 Å². The molecule has 1 aromatic carbocycles. The van der Waals surface area contributed by atoms with Crippen LogP contribution in [0.3, 0.4) is 0 Å². The maximum Gasteiger partial charge on any atom is 0.257 e. The van der Waals surface area contributed by atoms with Crippen molar-refractivity contribution in [2.75, 3.05) is 13.1 Å². The standard InChI is InChI=1S/C21H28N4O2/c1-15-7-5-6-8-18(15)19(26)23-17-9-11-24(12-10-17)20(27)16-13-22-25(14-16)21(2,3)4/h5-8,13-14,17H,9-12H2,1-4H3,(H,23,26). The molecule has 6 nitrogen and oxygen atoms in total. The number of hydrogen-bond acceptors (Lipinski definition) is 3. The van der Waals surface area contributed by atoms with Crippen molar-refractivity contribution < 1.29 is 9.59 Å². The number of likely N-dealkylation sites (tertiary alicyclic amines) is 1. The Labute approximate surface area is 160 Å². The van der Waals surface area contributed by atoms with Crippen LogP contribution in [0.2, 0.25) is 0 Å². The molecular weight excluding hydrogens is 340 g/mol. The zero-order chi connectivity index (χ0) is 19.6. The van der Waals surface area contributed by atoms with E-state index in [1.165, 1.54) is 0 Å². The second-order valence-electron chi connectivity index (χ2n) is 8.20. The van der Waals surface area contributed by atoms with Gasteiger partial charge in [0.05, 0.1) is 17.3 Å². The maximum atomic E-state index is 12.7. The lowest BCUT2D eigenvalue weighted by atomic mass is 10.0. The third kappa shape index (κ3) is 4.38. The van der Waals surface area contributed by atoms with Crippen LogP contribution in [0.15, 0.2) is 36.7 Å². The van der Waals surface area contributed by atoms with Crippen LogP contribution in [0.5, 0.6) is 0 Å². The number of rotatable bonds is 3. The van der Waals surface area contributed by atoms with E-state index in [0.717, 1.165) is 18.4 Å². The van der Waals surface area contributed by atoms with Gasteiger partial charge in [0.25, 0.3) is 11.8 Å². The Bertz CT molecular complexity index is 827. The highest BCUT2D eigenvalue weighted by atomic mass is 16.2. The van der Waals surface area contributed by atoms with Crippen LogP contribution in [0, 0.1) is 6.92 Å². The molecule has 0 radical (unpaired) electrons. The molecule has 144 valence electrons. The first kappa shape index (κ1) is 19.1. The SMILES string of the molecule is Cc1ccccc1C(=O)NC1CCN(C(=O)c2cnn(C(C)(C)C)c2)CC1. The third-order valence-corrected chi connectivity index (χ3v) is 5.02. The molecule has 1 aromatic heterocycles. The molecule has 2 aromatic rings. The predicted molar refractivity (Wildman–Crippen MR) is 105 cm³/mol. The van der Waals surface area contributed by atoms with Crippen LogP contribution in [0.25, 0.3) is 0 Å². The fraction of sp³-hybridized carbons (Fsp3) is 0.476. The number of carbonyl (C=O) groups excluding carboxylic acids is 2. The van der Waals surface area contributed by atoms with E-state index < -0.39 is 0 Å². The van der Waals surface area contributed by atoms with Crippen LogP contribution < -0.4 is 5.32 Å². The summed E-state index contributed by atoms with van der Waals surface area (Å²) in [6.07, 6.45) is 4.97. The quantitative estimate of drug-likeness (QED) is 0.906. The number of amides is 2. The summed E-state index contributed by atoms with van der Waals surface area (Å²) < 4.78 is 1.81. The van der Waals surface area contributed by atoms with E-state index in [9.17, 15) is 9.59 Å². The van der Waals surface area contributed by atoms with E-state index in [-0.39, 0.29) is 23.4 Å². The molecule has 0 spiro atoms. The molecule has 0 aliphatic carbocycles. The van der Waals surface area contributed by atoms with E-state index in [4.69, 9.17) is 0 Å². The summed E-state index contributed by atoms with van der Waals surface area (Å²) in [6, 6.07) is 7.68. The topological polar surface area (TPSA) is 67.2 Å². The smallest absolute Gasteiger partial charge is 0.257 e. The lowest BCUT2D eigenvalue weighted by Crippen LogP contribution is -2.46. The minimum absolute atomic E-state index is 0.00850. The highest BCUT2D eigenvalue weighted by Gasteiger charge is 2.26. The fourth-order valence-corrected chi connectivity index (χ4v) is 3.30. The van der Waals surface area contributed by atoms with Crippen molar-refractivity contribution in [2.24, 2.45) is 0 Å². The summed E-state index contributed by atoms with van der Waals surface area (Å²) in [5.74, 6) is -0.0292. The first-order valence-corrected chi connectivity index (χ1v) is 9.46. The van der Waals surface area contributed by atoms with Gasteiger partial charge in [-0.1, -0.05) is 18.2 Å². The van der Waals surface area contributed by atoms with Gasteiger partial charge in [-0.05, 0) is 52.2 Å². The van der Waals surface area contributed by atoms with Crippen molar-refractivity contribution in [1.82, 2.24) is 20.0 Å². The summed E-state index contributed by atoms with van der Waals surface area (Å²) in [4.78, 5) is 27.0. The van der Waals surface area contributed by atoms with Crippen LogP contribution in [0.1, 0.15) is 59.9 Å². The minimum atomic E-state index is -0.147. The van der Waals surface area contributed by atoms with Gasteiger partial charge in [0.1, 0.15) is 0 Å². The number of aromatic nitrogens is 2. The Morgan fingerprint density at radius 2 is 1.81 bits per heavy atom. The van der Waals surface area contributed by atoms with Gasteiger partial charge in [-0.2, -0.15) is 5.10 Å². The zero-order valence-corrected chi connectivity index (χ0v) is 16.5. The predicted octanol–water partition coefficient (Wildman–Crippen LogP) is 2.98. The second-order valence-corrected chi connectivity index (χ2v) is 8.20. The molecule has 6 heteroatoms. The molecule has 1 aliphatic heterocycles. The third-order valence-electron chi connectivity index (χ3n) is 5.02. The molecule has 1 saturated heterocycles. The number of nitrogens with zero attached hydrogens (tertiary/aromatic N) is 3. The lowest BCUT2D eigenvalue weighted by molar-refractivity contribution is 0.0698. The Balaban J connectivity index is 1.56. The van der Waals surface area contributed by atoms with Crippen molar-refractivity contribution in [1.29, 1.82) is 0 Å². The van der Waals surface area contributed by atoms with Crippen LogP contribution >= 0.6 is 0 Å². The van der Waals surface area contributed by atoms with Crippen molar-refractivity contribution >= 4 is 11.8 Å². The van der Waals surface area contributed by atoms with Gasteiger partial charge in [0.15, 0.2) is 0 Å². The number of benzene rings is 1. The van der Waals surface area contributed by atoms with Gasteiger partial charge in [0, 0.05) is 30.9 Å². The molecular formula is C21H28N4O2. The monoisotopic (exact) mass is 368 g/mol. The van der Waals surface area contributed by atoms with Crippen molar-refractivity contribution in [3.8, 4) is 0 Å². The highest BCUT2D eigenvalue weighted by Crippen LogP contribution is 2.18. The molecule has 2 amide bonds. The number of piperidine rings is 1. The van der Waals surface area contributed by atoms with Crippen LogP contribution in [-0.2, 0) is 5.54 Å². The number of aryl methyl sites for hydroxylation is 1. The fourth-order valence-electron chi connectivity index (χ4n) is 3.30. The molecule has 0 unspecified atom stereocenters. The molecule has 1 fully saturated rings. The summed E-state index contributed by atoms with van der Waals surface area (Å²) in [5.41, 5.74) is 2.15. The Hall–Kier alpha value is -2.63. The highest BCUT2D eigenvalue weighted by molar-refractivity contribution is 5.96. The summed E-state index contributed by atoms with van der Waals surface area (Å²) in [6.45, 7) is 9.37. The van der Waals surface area contributed by atoms with E-state index in [1.807, 2.05) is 47.0 Å². The van der Waals surface area contributed by atoms with Gasteiger partial charge in [-0.3, -0.25) is 14.3 Å². The van der Waals surface area contributed by atoms with E-state index in [1.54, 1.807) is 6.20 Å². The summed E-state index contributed by atoms with van der Waals surface area (Å²) in [5, 5.41) is 7.42. The number of carbonyl (C=O) groups is 2. The van der Waals surface area contributed by atoms with E-state index in [2.05, 4.69) is 31.2 Å². The first-order chi connectivity index (χ1) is 12.8. The summed E-state index contributed by atoms with van der Waals surface area (Å²) in [7, 11) is 0. The van der Waals surface area contributed by atoms with E-state index in [0.29, 0.717) is 24.2 Å². The number of hydrogen-bond donors (Lipinski definition) is 1. The van der Waals surface area contributed by atoms with Gasteiger partial charge >= 0.3 is 0 Å². The molecule has 0 atom stereocenters. The average Bonchev–Trinajstić information content (AvgIpc) is 3.12. The zero-order valence-electron chi connectivity index (χ0n) is 16.5. The molecule has 0 saturated carbocycles. The molecule has 3 rings (SSSR count). The molecule has 27 heavy (non-hydrogen) atoms. The molecule has 1 aliphatic rings. The molecule has 0 bridgehead atoms. The molecule has 2 heterocycles. The maximum absolute atomic E-state index is 12.7. The van der Waals surface area contributed by atoms with Crippen molar-refractivity contribution in [3.63, 3.8) is 0 Å². The average molecular weight is 368 g/mol. The first-order valence-electron chi connectivity index (χ1n) is 9.46. The van der Waals surface area contributed by atoms with Gasteiger partial charge < -0.3 is 10.2 Å². The van der Waals surface area contributed by atoms with Crippen molar-refractivity contribution in [3.05, 3.63) is 53.3 Å². The van der Waals surface area contributed by atoms with Gasteiger partial charge in [-0.15, -0.1) is 0 Å². The van der Waals surface area contributed by atoms with E-state index >= 15 is 0 Å². The Morgan fingerprint density at radius 3 is 2.41 bits per heavy atom. The van der Waals surface area contributed by atoms with Gasteiger partial charge in [0.2, 0.25) is 0 Å². The lowest BCUT2D eigenvalue weighted by Gasteiger charge is -2.32. The number of nitrogens with one attached hydrogen (secondary N) is 1. The van der Waals surface area contributed by atoms with Gasteiger partial charge in [-0.25, -0.2) is 0 Å². The largest absolute Gasteiger partial charge is 0.349 e. The molecule has 1 N–H and O–H groups in total. The normalized spacial score (nSPS) is 15.6. The summed E-state index contributed by atoms with van der Waals surface area (Å²) >= 11 is 0. The second kappa shape index (κ2) is 7.55. The minimum Gasteiger partial charge on any atom is -0.349 e. The van der Waals surface area contributed by atoms with Crippen LogP contribution in [0.4, 0.5) is 0 Å². The Kier molecular flexibility index (Phi) is 5.35. The van der Waals surface area contributed by atoms with Crippen molar-refractivity contribution in [2.45, 2.75) is 52.1 Å². The Morgan fingerprint density at radius 1 is 1.15 bits per heavy atom.